The molecule has 1 aliphatic rings. The highest BCUT2D eigenvalue weighted by atomic mass is 28.4. The third-order valence-electron chi connectivity index (χ3n) is 6.51. The summed E-state index contributed by atoms with van der Waals surface area (Å²) in [4.78, 5) is 0. The first kappa shape index (κ1) is 25.8. The topological polar surface area (TPSA) is 27.7 Å². The molecule has 0 aromatic rings. The predicted molar refractivity (Wildman–Crippen MR) is 123 cm³/mol. The van der Waals surface area contributed by atoms with Gasteiger partial charge in [-0.1, -0.05) is 34.6 Å². The highest BCUT2D eigenvalue weighted by Crippen LogP contribution is 2.64. The number of ether oxygens (including phenoxy) is 1. The molecule has 0 aliphatic carbocycles. The van der Waals surface area contributed by atoms with Gasteiger partial charge in [0.15, 0.2) is 16.6 Å². The van der Waals surface area contributed by atoms with Crippen LogP contribution in [0.15, 0.2) is 0 Å². The smallest absolute Gasteiger partial charge is 0.183 e. The lowest BCUT2D eigenvalue weighted by Gasteiger charge is -2.64. The molecule has 0 aromatic heterocycles. The lowest BCUT2D eigenvalue weighted by atomic mass is 9.57. The fourth-order valence-corrected chi connectivity index (χ4v) is 6.04. The second-order valence-electron chi connectivity index (χ2n) is 11.7. The van der Waals surface area contributed by atoms with Crippen LogP contribution in [0, 0.1) is 16.7 Å². The Hall–Kier alpha value is 0.748. The average Bonchev–Trinajstić information content (AvgIpc) is 2.44. The minimum absolute atomic E-state index is 0.0285. The zero-order valence-electron chi connectivity index (χ0n) is 19.6. The van der Waals surface area contributed by atoms with E-state index in [9.17, 15) is 0 Å². The van der Waals surface area contributed by atoms with Crippen molar-refractivity contribution in [2.75, 3.05) is 19.8 Å². The van der Waals surface area contributed by atoms with E-state index in [0.717, 1.165) is 26.2 Å². The van der Waals surface area contributed by atoms with Gasteiger partial charge in [0.25, 0.3) is 0 Å². The molecule has 0 spiro atoms. The molecular formula is C20H42O3Si4. The van der Waals surface area contributed by atoms with E-state index < -0.39 is 21.9 Å². The van der Waals surface area contributed by atoms with Gasteiger partial charge in [0.05, 0.1) is 22.1 Å². The Kier molecular flexibility index (Phi) is 7.75. The Labute approximate surface area is 177 Å². The summed E-state index contributed by atoms with van der Waals surface area (Å²) < 4.78 is 19.1. The summed E-state index contributed by atoms with van der Waals surface area (Å²) in [6.07, 6.45) is 0.846. The van der Waals surface area contributed by atoms with Crippen molar-refractivity contribution >= 4 is 37.1 Å². The zero-order valence-corrected chi connectivity index (χ0v) is 23.6. The number of rotatable bonds is 8. The maximum Gasteiger partial charge on any atom is 0.183 e. The first-order valence-corrected chi connectivity index (χ1v) is 18.0. The Bertz CT molecular complexity index is 488. The molecular weight excluding hydrogens is 401 g/mol. The quantitative estimate of drug-likeness (QED) is 0.496. The molecule has 27 heavy (non-hydrogen) atoms. The normalized spacial score (nSPS) is 31.3. The van der Waals surface area contributed by atoms with E-state index in [0.29, 0.717) is 0 Å². The molecule has 7 heteroatoms. The molecule has 1 saturated heterocycles. The largest absolute Gasteiger partial charge is 0.417 e. The minimum atomic E-state index is -1.59. The maximum absolute atomic E-state index is 6.50. The molecule has 6 radical (unpaired) electrons. The Morgan fingerprint density at radius 2 is 1.26 bits per heavy atom. The van der Waals surface area contributed by atoms with E-state index in [1.165, 1.54) is 0 Å². The van der Waals surface area contributed by atoms with Crippen LogP contribution in [0.2, 0.25) is 44.3 Å². The average molecular weight is 443 g/mol. The van der Waals surface area contributed by atoms with Gasteiger partial charge >= 0.3 is 0 Å². The van der Waals surface area contributed by atoms with Crippen LogP contribution in [0.4, 0.5) is 0 Å². The molecule has 0 N–H and O–H groups in total. The molecule has 1 fully saturated rings. The van der Waals surface area contributed by atoms with E-state index in [-0.39, 0.29) is 21.8 Å². The Morgan fingerprint density at radius 1 is 0.852 bits per heavy atom. The van der Waals surface area contributed by atoms with Gasteiger partial charge in [-0.15, -0.1) is 0 Å². The first-order valence-electron chi connectivity index (χ1n) is 10.2. The van der Waals surface area contributed by atoms with Gasteiger partial charge in [-0.05, 0) is 61.6 Å². The van der Waals surface area contributed by atoms with Gasteiger partial charge in [0.2, 0.25) is 0 Å². The summed E-state index contributed by atoms with van der Waals surface area (Å²) in [6, 6.07) is 0. The second kappa shape index (κ2) is 8.11. The van der Waals surface area contributed by atoms with Crippen LogP contribution in [-0.2, 0) is 13.6 Å². The van der Waals surface area contributed by atoms with Gasteiger partial charge in [0.1, 0.15) is 0 Å². The van der Waals surface area contributed by atoms with Crippen LogP contribution < -0.4 is 0 Å². The van der Waals surface area contributed by atoms with Crippen molar-refractivity contribution < 1.29 is 13.6 Å². The van der Waals surface area contributed by atoms with Crippen molar-refractivity contribution in [2.24, 2.45) is 16.7 Å². The fraction of sp³-hybridized carbons (Fsp3) is 1.00. The predicted octanol–water partition coefficient (Wildman–Crippen LogP) is 4.99. The highest BCUT2D eigenvalue weighted by Gasteiger charge is 2.61. The maximum atomic E-state index is 6.50. The fourth-order valence-electron chi connectivity index (χ4n) is 3.38. The summed E-state index contributed by atoms with van der Waals surface area (Å²) in [5, 5.41) is -0.714. The van der Waals surface area contributed by atoms with Gasteiger partial charge in [0, 0.05) is 29.4 Å². The molecule has 3 nitrogen and oxygen atoms in total. The van der Waals surface area contributed by atoms with Crippen molar-refractivity contribution in [2.45, 2.75) is 90.6 Å². The molecule has 0 saturated carbocycles. The van der Waals surface area contributed by atoms with Crippen molar-refractivity contribution in [1.29, 1.82) is 0 Å². The summed E-state index contributed by atoms with van der Waals surface area (Å²) in [7, 11) is 5.07. The number of hydrogen-bond acceptors (Lipinski definition) is 3. The Morgan fingerprint density at radius 3 is 1.63 bits per heavy atom. The van der Waals surface area contributed by atoms with E-state index in [1.54, 1.807) is 0 Å². The molecule has 0 aromatic carbocycles. The van der Waals surface area contributed by atoms with E-state index >= 15 is 0 Å². The summed E-state index contributed by atoms with van der Waals surface area (Å²) >= 11 is 0. The van der Waals surface area contributed by atoms with Gasteiger partial charge in [-0.2, -0.15) is 0 Å². The summed E-state index contributed by atoms with van der Waals surface area (Å²) in [5.74, 6) is 0.286. The number of hydrogen-bond donors (Lipinski definition) is 0. The SMILES string of the molecule is CC1(C)COC([Si])(CC(CO[Si](C)(C)C)CO[Si](C)(C)C)C(C)([Si])C1(C)C. The van der Waals surface area contributed by atoms with Crippen molar-refractivity contribution in [3.63, 3.8) is 0 Å². The third kappa shape index (κ3) is 6.12. The standard InChI is InChI=1S/C20H42O3Si4/c1-17(2)15-21-20(25,19(5,24)18(17,3)4)12-16(13-22-26(6,7)8)14-23-27(9,10)11/h16H,12-15H2,1-11H3. The summed E-state index contributed by atoms with van der Waals surface area (Å²) in [6.45, 7) is 27.1. The molecule has 1 aliphatic heterocycles. The van der Waals surface area contributed by atoms with Gasteiger partial charge in [-0.3, -0.25) is 0 Å². The first-order chi connectivity index (χ1) is 11.7. The Balaban J connectivity index is 3.06. The molecule has 0 amide bonds. The minimum Gasteiger partial charge on any atom is -0.417 e. The van der Waals surface area contributed by atoms with Crippen LogP contribution >= 0.6 is 0 Å². The lowest BCUT2D eigenvalue weighted by Crippen LogP contribution is -2.63. The van der Waals surface area contributed by atoms with Crippen LogP contribution in [0.25, 0.3) is 0 Å². The second-order valence-corrected chi connectivity index (χ2v) is 22.5. The van der Waals surface area contributed by atoms with E-state index in [2.05, 4.69) is 94.4 Å². The van der Waals surface area contributed by atoms with Gasteiger partial charge < -0.3 is 13.6 Å². The van der Waals surface area contributed by atoms with E-state index in [4.69, 9.17) is 13.6 Å². The third-order valence-corrected chi connectivity index (χ3v) is 10.7. The summed E-state index contributed by atoms with van der Waals surface area (Å²) in [5.41, 5.74) is 0.0967. The van der Waals surface area contributed by atoms with Crippen molar-refractivity contribution in [3.05, 3.63) is 0 Å². The molecule has 1 heterocycles. The molecule has 156 valence electrons. The van der Waals surface area contributed by atoms with Crippen LogP contribution in [0.5, 0.6) is 0 Å². The van der Waals surface area contributed by atoms with Crippen molar-refractivity contribution in [1.82, 2.24) is 0 Å². The monoisotopic (exact) mass is 442 g/mol. The molecule has 2 atom stereocenters. The zero-order chi connectivity index (χ0) is 21.5. The molecule has 0 bridgehead atoms. The van der Waals surface area contributed by atoms with Crippen LogP contribution in [0.1, 0.15) is 41.0 Å². The lowest BCUT2D eigenvalue weighted by molar-refractivity contribution is -0.180. The highest BCUT2D eigenvalue weighted by molar-refractivity contribution is 6.70. The van der Waals surface area contributed by atoms with Crippen LogP contribution in [-0.4, -0.2) is 62.2 Å². The molecule has 1 rings (SSSR count). The van der Waals surface area contributed by atoms with Crippen molar-refractivity contribution in [3.8, 4) is 0 Å². The van der Waals surface area contributed by atoms with Crippen LogP contribution in [0.3, 0.4) is 0 Å². The van der Waals surface area contributed by atoms with E-state index in [1.807, 2.05) is 0 Å². The van der Waals surface area contributed by atoms with Gasteiger partial charge in [-0.25, -0.2) is 0 Å². The molecule has 2 unspecified atom stereocenters.